The van der Waals surface area contributed by atoms with Gasteiger partial charge in [0.25, 0.3) is 0 Å². The third-order valence-corrected chi connectivity index (χ3v) is 2.41. The molecule has 2 aliphatic rings. The van der Waals surface area contributed by atoms with E-state index in [1.165, 1.54) is 0 Å². The number of epoxide rings is 1. The van der Waals surface area contributed by atoms with Crippen molar-refractivity contribution >= 4 is 6.21 Å². The summed E-state index contributed by atoms with van der Waals surface area (Å²) in [6, 6.07) is 0. The summed E-state index contributed by atoms with van der Waals surface area (Å²) in [7, 11) is 0. The minimum absolute atomic E-state index is 0.0680. The molecular weight excluding hydrogens is 194 g/mol. The van der Waals surface area contributed by atoms with Gasteiger partial charge in [-0.3, -0.25) is 0 Å². The van der Waals surface area contributed by atoms with Gasteiger partial charge < -0.3 is 9.47 Å². The van der Waals surface area contributed by atoms with Crippen LogP contribution in [0.3, 0.4) is 0 Å². The van der Waals surface area contributed by atoms with Crippen molar-refractivity contribution in [1.29, 1.82) is 0 Å². The molecule has 2 rings (SSSR count). The molecule has 0 amide bonds. The molecule has 0 bridgehead atoms. The molecule has 0 aromatic rings. The normalized spacial score (nSPS) is 33.7. The molecule has 84 valence electrons. The number of nitrogens with zero attached hydrogens (tertiary/aromatic N) is 2. The molecule has 0 radical (unpaired) electrons. The second-order valence-electron chi connectivity index (χ2n) is 4.68. The summed E-state index contributed by atoms with van der Waals surface area (Å²) in [6.45, 7) is 6.11. The van der Waals surface area contributed by atoms with E-state index < -0.39 is 0 Å². The van der Waals surface area contributed by atoms with Gasteiger partial charge in [-0.15, -0.1) is 5.84 Å². The van der Waals surface area contributed by atoms with Crippen LogP contribution in [0.2, 0.25) is 0 Å². The second kappa shape index (κ2) is 3.68. The lowest BCUT2D eigenvalue weighted by Gasteiger charge is -2.30. The van der Waals surface area contributed by atoms with Gasteiger partial charge in [-0.1, -0.05) is 9.80 Å². The van der Waals surface area contributed by atoms with Gasteiger partial charge in [0.1, 0.15) is 17.9 Å². The van der Waals surface area contributed by atoms with Crippen LogP contribution in [0.1, 0.15) is 13.8 Å². The summed E-state index contributed by atoms with van der Waals surface area (Å²) in [5.74, 6) is 6.01. The predicted octanol–water partition coefficient (Wildman–Crippen LogP) is 0.384. The fraction of sp³-hybridized carbons (Fsp3) is 0.700. The Balaban J connectivity index is 1.84. The number of nitrogens with two attached hydrogens (primary N) is 1. The van der Waals surface area contributed by atoms with Crippen molar-refractivity contribution in [3.8, 4) is 0 Å². The first-order valence-corrected chi connectivity index (χ1v) is 5.14. The van der Waals surface area contributed by atoms with Crippen molar-refractivity contribution in [2.75, 3.05) is 19.8 Å². The van der Waals surface area contributed by atoms with Crippen molar-refractivity contribution in [3.63, 3.8) is 0 Å². The third kappa shape index (κ3) is 3.10. The van der Waals surface area contributed by atoms with E-state index in [9.17, 15) is 0 Å². The first-order chi connectivity index (χ1) is 6.99. The maximum atomic E-state index is 6.01. The average Bonchev–Trinajstić information content (AvgIpc) is 2.86. The highest BCUT2D eigenvalue weighted by Crippen LogP contribution is 2.20. The lowest BCUT2D eigenvalue weighted by atomic mass is 10.1. The fourth-order valence-electron chi connectivity index (χ4n) is 1.62. The van der Waals surface area contributed by atoms with E-state index >= 15 is 0 Å². The summed E-state index contributed by atoms with van der Waals surface area (Å²) in [4.78, 5) is 0. The third-order valence-electron chi connectivity index (χ3n) is 2.41. The lowest BCUT2D eigenvalue weighted by Crippen LogP contribution is -2.52. The molecule has 5 heteroatoms. The summed E-state index contributed by atoms with van der Waals surface area (Å²) in [5, 5.41) is 4.16. The van der Waals surface area contributed by atoms with Gasteiger partial charge in [-0.2, -0.15) is 0 Å². The van der Waals surface area contributed by atoms with Crippen LogP contribution < -0.4 is 5.84 Å². The zero-order valence-corrected chi connectivity index (χ0v) is 9.22. The molecule has 5 nitrogen and oxygen atoms in total. The molecular formula is C10H18N3O2+. The second-order valence-corrected chi connectivity index (χ2v) is 4.68. The maximum absolute atomic E-state index is 6.01. The molecule has 0 aliphatic carbocycles. The van der Waals surface area contributed by atoms with Crippen LogP contribution in [0.15, 0.2) is 17.4 Å². The van der Waals surface area contributed by atoms with E-state index in [2.05, 4.69) is 5.10 Å². The predicted molar refractivity (Wildman–Crippen MR) is 56.7 cm³/mol. The van der Waals surface area contributed by atoms with Gasteiger partial charge in [0.05, 0.1) is 19.4 Å². The van der Waals surface area contributed by atoms with Crippen LogP contribution in [-0.4, -0.2) is 42.4 Å². The number of allylic oxidation sites excluding steroid dienone is 1. The Morgan fingerprint density at radius 3 is 2.93 bits per heavy atom. The Hall–Kier alpha value is -0.750. The largest absolute Gasteiger partial charge is 0.371 e. The zero-order chi connectivity index (χ0) is 10.9. The molecule has 2 aliphatic heterocycles. The summed E-state index contributed by atoms with van der Waals surface area (Å²) in [6.07, 6.45) is 5.69. The number of hydrogen-bond acceptors (Lipinski definition) is 4. The highest BCUT2D eigenvalue weighted by Gasteiger charge is 2.35. The van der Waals surface area contributed by atoms with Crippen molar-refractivity contribution in [1.82, 2.24) is 0 Å². The number of ether oxygens (including phenoxy) is 2. The Kier molecular flexibility index (Phi) is 2.64. The molecule has 2 atom stereocenters. The molecule has 0 spiro atoms. The first kappa shape index (κ1) is 10.8. The molecule has 2 N–H and O–H groups in total. The minimum Gasteiger partial charge on any atom is -0.371 e. The van der Waals surface area contributed by atoms with Crippen LogP contribution in [0, 0.1) is 0 Å². The Bertz CT molecular complexity index is 283. The van der Waals surface area contributed by atoms with Gasteiger partial charge in [0.15, 0.2) is 6.54 Å². The molecule has 0 aromatic carbocycles. The highest BCUT2D eigenvalue weighted by atomic mass is 16.6. The Morgan fingerprint density at radius 2 is 2.40 bits per heavy atom. The molecule has 15 heavy (non-hydrogen) atoms. The topological polar surface area (TPSA) is 60.1 Å². The number of rotatable bonds is 5. The van der Waals surface area contributed by atoms with Gasteiger partial charge in [0.2, 0.25) is 0 Å². The van der Waals surface area contributed by atoms with Crippen LogP contribution >= 0.6 is 0 Å². The minimum atomic E-state index is -0.299. The molecule has 0 aromatic heterocycles. The van der Waals surface area contributed by atoms with E-state index in [4.69, 9.17) is 15.3 Å². The maximum Gasteiger partial charge on any atom is 0.155 e. The molecule has 2 heterocycles. The molecule has 1 fully saturated rings. The van der Waals surface area contributed by atoms with Gasteiger partial charge >= 0.3 is 0 Å². The smallest absolute Gasteiger partial charge is 0.155 e. The fourth-order valence-corrected chi connectivity index (χ4v) is 1.62. The molecule has 1 unspecified atom stereocenters. The number of quaternary nitrogens is 1. The van der Waals surface area contributed by atoms with E-state index in [0.717, 1.165) is 6.61 Å². The van der Waals surface area contributed by atoms with Gasteiger partial charge in [-0.25, -0.2) is 0 Å². The van der Waals surface area contributed by atoms with Crippen molar-refractivity contribution < 1.29 is 14.2 Å². The van der Waals surface area contributed by atoms with E-state index in [1.54, 1.807) is 6.21 Å². The molecule has 0 saturated carbocycles. The standard InChI is InChI=1S/C10H18N3O2/c1-10(2,15-7-9-6-14-9)8-13(11)5-3-4-12-13/h3-5,9H,6-8,11H2,1-2H3/q+1/t9-,13?/m0/s1. The van der Waals surface area contributed by atoms with Gasteiger partial charge in [-0.05, 0) is 13.8 Å². The van der Waals surface area contributed by atoms with E-state index in [-0.39, 0.29) is 16.4 Å². The lowest BCUT2D eigenvalue weighted by molar-refractivity contribution is -0.901. The number of hydrogen-bond donors (Lipinski definition) is 1. The van der Waals surface area contributed by atoms with Crippen molar-refractivity contribution in [3.05, 3.63) is 12.3 Å². The molecule has 1 saturated heterocycles. The Labute approximate surface area is 89.7 Å². The van der Waals surface area contributed by atoms with E-state index in [0.29, 0.717) is 13.2 Å². The van der Waals surface area contributed by atoms with Crippen LogP contribution in [0.5, 0.6) is 0 Å². The van der Waals surface area contributed by atoms with Crippen LogP contribution in [-0.2, 0) is 9.47 Å². The summed E-state index contributed by atoms with van der Waals surface area (Å²) in [5.41, 5.74) is -0.299. The average molecular weight is 212 g/mol. The highest BCUT2D eigenvalue weighted by molar-refractivity contribution is 5.71. The monoisotopic (exact) mass is 212 g/mol. The zero-order valence-electron chi connectivity index (χ0n) is 9.22. The quantitative estimate of drug-likeness (QED) is 0.407. The van der Waals surface area contributed by atoms with Gasteiger partial charge in [0, 0.05) is 6.08 Å². The van der Waals surface area contributed by atoms with Crippen molar-refractivity contribution in [2.45, 2.75) is 25.6 Å². The summed E-state index contributed by atoms with van der Waals surface area (Å²) < 4.78 is 10.9. The SMILES string of the molecule is CC(C)(C[N+]1(N)C=CC=N1)OC[C@@H]1CO1. The first-order valence-electron chi connectivity index (χ1n) is 5.14. The van der Waals surface area contributed by atoms with Crippen LogP contribution in [0.25, 0.3) is 0 Å². The van der Waals surface area contributed by atoms with Crippen molar-refractivity contribution in [2.24, 2.45) is 10.9 Å². The van der Waals surface area contributed by atoms with Crippen LogP contribution in [0.4, 0.5) is 0 Å². The summed E-state index contributed by atoms with van der Waals surface area (Å²) >= 11 is 0. The Morgan fingerprint density at radius 1 is 1.67 bits per heavy atom. The van der Waals surface area contributed by atoms with E-state index in [1.807, 2.05) is 26.1 Å².